The Morgan fingerprint density at radius 2 is 1.87 bits per heavy atom. The van der Waals surface area contributed by atoms with Crippen LogP contribution in [0.4, 0.5) is 5.82 Å². The van der Waals surface area contributed by atoms with E-state index in [-0.39, 0.29) is 5.91 Å². The summed E-state index contributed by atoms with van der Waals surface area (Å²) in [6, 6.07) is 15.5. The number of unbranched alkanes of at least 4 members (excludes halogenated alkanes) is 1. The van der Waals surface area contributed by atoms with Crippen molar-refractivity contribution in [3.05, 3.63) is 59.9 Å². The van der Waals surface area contributed by atoms with Crippen LogP contribution in [0.1, 0.15) is 24.2 Å². The molecule has 0 aliphatic rings. The minimum absolute atomic E-state index is 0.0462. The van der Waals surface area contributed by atoms with Gasteiger partial charge in [-0.1, -0.05) is 30.3 Å². The Balaban J connectivity index is 1.33. The first kappa shape index (κ1) is 20.6. The summed E-state index contributed by atoms with van der Waals surface area (Å²) in [4.78, 5) is 16.8. The molecule has 0 aliphatic heterocycles. The van der Waals surface area contributed by atoms with Crippen molar-refractivity contribution < 1.29 is 9.53 Å². The van der Waals surface area contributed by atoms with Crippen molar-refractivity contribution in [1.29, 1.82) is 0 Å². The van der Waals surface area contributed by atoms with Gasteiger partial charge in [-0.15, -0.1) is 10.2 Å². The zero-order valence-electron chi connectivity index (χ0n) is 17.8. The zero-order valence-corrected chi connectivity index (χ0v) is 17.8. The smallest absolute Gasteiger partial charge is 0.224 e. The number of carbonyl (C=O) groups is 1. The van der Waals surface area contributed by atoms with Gasteiger partial charge >= 0.3 is 0 Å². The number of fused-ring (bicyclic) bond motifs is 3. The minimum atomic E-state index is 0.0462. The molecular formula is C23H26N6O2. The summed E-state index contributed by atoms with van der Waals surface area (Å²) in [5, 5.41) is 14.9. The number of nitrogens with one attached hydrogen (secondary N) is 2. The molecule has 2 aromatic heterocycles. The fourth-order valence-electron chi connectivity index (χ4n) is 3.53. The predicted molar refractivity (Wildman–Crippen MR) is 120 cm³/mol. The number of nitrogens with zero attached hydrogens (tertiary/aromatic N) is 4. The molecular weight excluding hydrogens is 392 g/mol. The molecule has 31 heavy (non-hydrogen) atoms. The summed E-state index contributed by atoms with van der Waals surface area (Å²) in [5.74, 6) is 2.29. The van der Waals surface area contributed by atoms with Gasteiger partial charge in [0.25, 0.3) is 0 Å². The molecule has 2 heterocycles. The van der Waals surface area contributed by atoms with Gasteiger partial charge in [-0.05, 0) is 37.5 Å². The van der Waals surface area contributed by atoms with Crippen LogP contribution < -0.4 is 15.4 Å². The van der Waals surface area contributed by atoms with Crippen LogP contribution >= 0.6 is 0 Å². The molecule has 0 saturated carbocycles. The average molecular weight is 419 g/mol. The van der Waals surface area contributed by atoms with Gasteiger partial charge in [-0.3, -0.25) is 9.20 Å². The van der Waals surface area contributed by atoms with Crippen LogP contribution in [0, 0.1) is 6.92 Å². The van der Waals surface area contributed by atoms with Gasteiger partial charge in [0.15, 0.2) is 5.82 Å². The Labute approximate surface area is 180 Å². The third-order valence-electron chi connectivity index (χ3n) is 5.12. The van der Waals surface area contributed by atoms with Crippen molar-refractivity contribution in [3.8, 4) is 5.75 Å². The van der Waals surface area contributed by atoms with Crippen molar-refractivity contribution in [2.75, 3.05) is 25.5 Å². The van der Waals surface area contributed by atoms with Crippen LogP contribution in [0.3, 0.4) is 0 Å². The molecule has 0 fully saturated rings. The lowest BCUT2D eigenvalue weighted by Gasteiger charge is -2.11. The second-order valence-corrected chi connectivity index (χ2v) is 7.37. The third-order valence-corrected chi connectivity index (χ3v) is 5.12. The van der Waals surface area contributed by atoms with E-state index in [4.69, 9.17) is 9.72 Å². The second-order valence-electron chi connectivity index (χ2n) is 7.37. The highest BCUT2D eigenvalue weighted by Gasteiger charge is 2.13. The Morgan fingerprint density at radius 3 is 2.68 bits per heavy atom. The van der Waals surface area contributed by atoms with Crippen LogP contribution in [0.15, 0.2) is 48.5 Å². The third kappa shape index (κ3) is 4.74. The monoisotopic (exact) mass is 418 g/mol. The molecule has 2 N–H and O–H groups in total. The molecule has 4 aromatic rings. The van der Waals surface area contributed by atoms with Gasteiger partial charge in [0.2, 0.25) is 11.6 Å². The average Bonchev–Trinajstić information content (AvgIpc) is 3.18. The van der Waals surface area contributed by atoms with Crippen molar-refractivity contribution in [2.45, 2.75) is 26.2 Å². The number of ether oxygens (including phenoxy) is 1. The van der Waals surface area contributed by atoms with E-state index in [1.54, 1.807) is 7.11 Å². The fourth-order valence-corrected chi connectivity index (χ4v) is 3.53. The second kappa shape index (κ2) is 9.42. The summed E-state index contributed by atoms with van der Waals surface area (Å²) in [6.45, 7) is 3.29. The zero-order chi connectivity index (χ0) is 21.6. The first-order valence-corrected chi connectivity index (χ1v) is 10.4. The number of rotatable bonds is 9. The molecule has 8 heteroatoms. The van der Waals surface area contributed by atoms with Gasteiger partial charge < -0.3 is 15.4 Å². The van der Waals surface area contributed by atoms with Crippen molar-refractivity contribution in [1.82, 2.24) is 24.9 Å². The molecule has 2 aromatic carbocycles. The normalized spacial score (nSPS) is 11.0. The SMILES string of the molecule is COc1ccc2c(c1)nc(NCCCCNC(=O)Cc1ccccc1)c1nnc(C)n12. The van der Waals surface area contributed by atoms with Crippen molar-refractivity contribution >= 4 is 28.4 Å². The van der Waals surface area contributed by atoms with E-state index in [1.807, 2.05) is 59.9 Å². The molecule has 0 atom stereocenters. The molecule has 0 saturated heterocycles. The number of hydrogen-bond donors (Lipinski definition) is 2. The van der Waals surface area contributed by atoms with E-state index in [0.717, 1.165) is 47.6 Å². The van der Waals surface area contributed by atoms with Crippen LogP contribution in [0.2, 0.25) is 0 Å². The Bertz CT molecular complexity index is 1190. The standard InChI is InChI=1S/C23H26N6O2/c1-16-27-28-23-22(26-19-15-18(31-2)10-11-20(19)29(16)23)25-13-7-6-12-24-21(30)14-17-8-4-3-5-9-17/h3-5,8-11,15H,6-7,12-14H2,1-2H3,(H,24,30)(H,25,26). The summed E-state index contributed by atoms with van der Waals surface area (Å²) < 4.78 is 7.33. The van der Waals surface area contributed by atoms with Gasteiger partial charge in [0.1, 0.15) is 11.6 Å². The summed E-state index contributed by atoms with van der Waals surface area (Å²) in [6.07, 6.45) is 2.17. The van der Waals surface area contributed by atoms with E-state index in [0.29, 0.717) is 24.4 Å². The first-order valence-electron chi connectivity index (χ1n) is 10.4. The van der Waals surface area contributed by atoms with E-state index >= 15 is 0 Å². The predicted octanol–water partition coefficient (Wildman–Crippen LogP) is 3.15. The van der Waals surface area contributed by atoms with Gasteiger partial charge in [-0.25, -0.2) is 4.98 Å². The number of amides is 1. The lowest BCUT2D eigenvalue weighted by Crippen LogP contribution is -2.26. The first-order chi connectivity index (χ1) is 15.2. The molecule has 0 bridgehead atoms. The summed E-state index contributed by atoms with van der Waals surface area (Å²) in [5.41, 5.74) is 3.47. The lowest BCUT2D eigenvalue weighted by atomic mass is 10.1. The Morgan fingerprint density at radius 1 is 1.06 bits per heavy atom. The maximum absolute atomic E-state index is 12.0. The summed E-state index contributed by atoms with van der Waals surface area (Å²) >= 11 is 0. The van der Waals surface area contributed by atoms with Gasteiger partial charge in [-0.2, -0.15) is 0 Å². The maximum Gasteiger partial charge on any atom is 0.224 e. The van der Waals surface area contributed by atoms with Crippen molar-refractivity contribution in [3.63, 3.8) is 0 Å². The van der Waals surface area contributed by atoms with E-state index in [2.05, 4.69) is 20.8 Å². The number of anilines is 1. The lowest BCUT2D eigenvalue weighted by molar-refractivity contribution is -0.120. The quantitative estimate of drug-likeness (QED) is 0.406. The number of carbonyl (C=O) groups excluding carboxylic acids is 1. The number of benzene rings is 2. The highest BCUT2D eigenvalue weighted by Crippen LogP contribution is 2.24. The van der Waals surface area contributed by atoms with Gasteiger partial charge in [0, 0.05) is 19.2 Å². The van der Waals surface area contributed by atoms with Crippen LogP contribution in [-0.4, -0.2) is 45.7 Å². The molecule has 0 radical (unpaired) electrons. The Kier molecular flexibility index (Phi) is 6.26. The number of hydrogen-bond acceptors (Lipinski definition) is 6. The van der Waals surface area contributed by atoms with Crippen molar-refractivity contribution in [2.24, 2.45) is 0 Å². The Hall–Kier alpha value is -3.68. The molecule has 1 amide bonds. The molecule has 8 nitrogen and oxygen atoms in total. The highest BCUT2D eigenvalue weighted by atomic mass is 16.5. The topological polar surface area (TPSA) is 93.4 Å². The highest BCUT2D eigenvalue weighted by molar-refractivity contribution is 5.84. The molecule has 0 aliphatic carbocycles. The van der Waals surface area contributed by atoms with E-state index in [9.17, 15) is 4.79 Å². The minimum Gasteiger partial charge on any atom is -0.497 e. The molecule has 4 rings (SSSR count). The van der Waals surface area contributed by atoms with Crippen LogP contribution in [0.5, 0.6) is 5.75 Å². The molecule has 160 valence electrons. The molecule has 0 spiro atoms. The molecule has 0 unspecified atom stereocenters. The fraction of sp³-hybridized carbons (Fsp3) is 0.304. The van der Waals surface area contributed by atoms with E-state index < -0.39 is 0 Å². The maximum atomic E-state index is 12.0. The largest absolute Gasteiger partial charge is 0.497 e. The number of aromatic nitrogens is 4. The van der Waals surface area contributed by atoms with E-state index in [1.165, 1.54) is 0 Å². The summed E-state index contributed by atoms with van der Waals surface area (Å²) in [7, 11) is 1.64. The van der Waals surface area contributed by atoms with Crippen LogP contribution in [-0.2, 0) is 11.2 Å². The number of aryl methyl sites for hydroxylation is 1. The number of methoxy groups -OCH3 is 1. The van der Waals surface area contributed by atoms with Crippen LogP contribution in [0.25, 0.3) is 16.7 Å². The van der Waals surface area contributed by atoms with Gasteiger partial charge in [0.05, 0.1) is 24.6 Å².